The predicted octanol–water partition coefficient (Wildman–Crippen LogP) is 2.06. The fourth-order valence-corrected chi connectivity index (χ4v) is 1.14. The summed E-state index contributed by atoms with van der Waals surface area (Å²) in [5.41, 5.74) is 0.805. The summed E-state index contributed by atoms with van der Waals surface area (Å²) in [4.78, 5) is 0. The topological polar surface area (TPSA) is 41.6 Å². The Morgan fingerprint density at radius 1 is 1.21 bits per heavy atom. The summed E-state index contributed by atoms with van der Waals surface area (Å²) in [6, 6.07) is 2.46. The zero-order valence-corrected chi connectivity index (χ0v) is 7.38. The van der Waals surface area contributed by atoms with Gasteiger partial charge in [-0.15, -0.1) is 5.10 Å². The standard InChI is InChI=1S/C9H7F2N3/c1-5-7(10)2-6(3-8(5)11)9-4-12-14-13-9/h2-4H,1H3,(H,12,13,14). The lowest BCUT2D eigenvalue weighted by Crippen LogP contribution is -1.90. The van der Waals surface area contributed by atoms with E-state index in [1.807, 2.05) is 0 Å². The van der Waals surface area contributed by atoms with E-state index in [0.29, 0.717) is 11.3 Å². The molecule has 0 aliphatic carbocycles. The Balaban J connectivity index is 2.57. The molecule has 0 unspecified atom stereocenters. The molecular formula is C9H7F2N3. The number of aromatic nitrogens is 3. The van der Waals surface area contributed by atoms with E-state index in [1.165, 1.54) is 25.3 Å². The van der Waals surface area contributed by atoms with Crippen LogP contribution in [0.1, 0.15) is 5.56 Å². The van der Waals surface area contributed by atoms with Gasteiger partial charge in [-0.2, -0.15) is 0 Å². The van der Waals surface area contributed by atoms with Gasteiger partial charge in [-0.05, 0) is 19.1 Å². The van der Waals surface area contributed by atoms with Crippen LogP contribution in [0.25, 0.3) is 11.3 Å². The monoisotopic (exact) mass is 195 g/mol. The van der Waals surface area contributed by atoms with E-state index < -0.39 is 11.6 Å². The van der Waals surface area contributed by atoms with E-state index >= 15 is 0 Å². The number of benzene rings is 1. The summed E-state index contributed by atoms with van der Waals surface area (Å²) in [5.74, 6) is -1.16. The van der Waals surface area contributed by atoms with Gasteiger partial charge in [0.25, 0.3) is 0 Å². The molecule has 1 N–H and O–H groups in total. The molecule has 2 rings (SSSR count). The lowest BCUT2D eigenvalue weighted by molar-refractivity contribution is 0.569. The maximum atomic E-state index is 13.1. The average Bonchev–Trinajstić information content (AvgIpc) is 2.66. The number of halogens is 2. The highest BCUT2D eigenvalue weighted by Gasteiger charge is 2.09. The van der Waals surface area contributed by atoms with Gasteiger partial charge >= 0.3 is 0 Å². The van der Waals surface area contributed by atoms with Crippen LogP contribution in [0.3, 0.4) is 0 Å². The first kappa shape index (κ1) is 8.80. The van der Waals surface area contributed by atoms with Gasteiger partial charge in [0.2, 0.25) is 0 Å². The van der Waals surface area contributed by atoms with Crippen LogP contribution in [-0.2, 0) is 0 Å². The van der Waals surface area contributed by atoms with Gasteiger partial charge in [-0.25, -0.2) is 8.78 Å². The molecule has 0 spiro atoms. The molecule has 0 fully saturated rings. The highest BCUT2D eigenvalue weighted by Crippen LogP contribution is 2.21. The van der Waals surface area contributed by atoms with Crippen LogP contribution in [0.15, 0.2) is 18.3 Å². The maximum Gasteiger partial charge on any atom is 0.129 e. The second-order valence-corrected chi connectivity index (χ2v) is 2.92. The van der Waals surface area contributed by atoms with Gasteiger partial charge in [0.15, 0.2) is 0 Å². The molecule has 2 aromatic rings. The number of nitrogens with one attached hydrogen (secondary N) is 1. The summed E-state index contributed by atoms with van der Waals surface area (Å²) in [6.07, 6.45) is 1.48. The first-order valence-corrected chi connectivity index (χ1v) is 4.01. The van der Waals surface area contributed by atoms with E-state index in [9.17, 15) is 8.78 Å². The van der Waals surface area contributed by atoms with E-state index in [2.05, 4.69) is 15.4 Å². The zero-order chi connectivity index (χ0) is 10.1. The summed E-state index contributed by atoms with van der Waals surface area (Å²) in [6.45, 7) is 1.39. The third-order valence-corrected chi connectivity index (χ3v) is 1.99. The predicted molar refractivity (Wildman–Crippen MR) is 46.5 cm³/mol. The molecule has 3 nitrogen and oxygen atoms in total. The smallest absolute Gasteiger partial charge is 0.129 e. The second-order valence-electron chi connectivity index (χ2n) is 2.92. The molecule has 1 aromatic heterocycles. The van der Waals surface area contributed by atoms with Crippen molar-refractivity contribution in [2.45, 2.75) is 6.92 Å². The highest BCUT2D eigenvalue weighted by molar-refractivity contribution is 5.58. The van der Waals surface area contributed by atoms with E-state index in [-0.39, 0.29) is 5.56 Å². The Labute approximate surface area is 78.8 Å². The van der Waals surface area contributed by atoms with Gasteiger partial charge in [0.05, 0.1) is 0 Å². The van der Waals surface area contributed by atoms with Gasteiger partial charge in [0.1, 0.15) is 17.3 Å². The SMILES string of the molecule is Cc1c(F)cc(-c2c[nH]nn2)cc1F. The maximum absolute atomic E-state index is 13.1. The Morgan fingerprint density at radius 3 is 2.36 bits per heavy atom. The zero-order valence-electron chi connectivity index (χ0n) is 7.38. The van der Waals surface area contributed by atoms with Crippen LogP contribution in [0.4, 0.5) is 8.78 Å². The van der Waals surface area contributed by atoms with Crippen LogP contribution in [0.5, 0.6) is 0 Å². The third kappa shape index (κ3) is 1.37. The summed E-state index contributed by atoms with van der Waals surface area (Å²) in [5, 5.41) is 9.60. The normalized spacial score (nSPS) is 10.5. The van der Waals surface area contributed by atoms with E-state index in [4.69, 9.17) is 0 Å². The fourth-order valence-electron chi connectivity index (χ4n) is 1.14. The first-order valence-electron chi connectivity index (χ1n) is 4.01. The molecule has 0 aliphatic rings. The summed E-state index contributed by atoms with van der Waals surface area (Å²) in [7, 11) is 0. The molecule has 0 amide bonds. The van der Waals surface area contributed by atoms with Gasteiger partial charge in [0, 0.05) is 17.3 Å². The van der Waals surface area contributed by atoms with Crippen molar-refractivity contribution in [3.8, 4) is 11.3 Å². The van der Waals surface area contributed by atoms with E-state index in [1.54, 1.807) is 0 Å². The molecule has 1 aromatic carbocycles. The van der Waals surface area contributed by atoms with Gasteiger partial charge < -0.3 is 0 Å². The minimum Gasteiger partial charge on any atom is -0.265 e. The van der Waals surface area contributed by atoms with Crippen molar-refractivity contribution in [3.05, 3.63) is 35.5 Å². The van der Waals surface area contributed by atoms with Gasteiger partial charge in [-0.1, -0.05) is 5.21 Å². The van der Waals surface area contributed by atoms with Crippen molar-refractivity contribution in [1.29, 1.82) is 0 Å². The van der Waals surface area contributed by atoms with Crippen LogP contribution < -0.4 is 0 Å². The van der Waals surface area contributed by atoms with Crippen molar-refractivity contribution in [1.82, 2.24) is 15.4 Å². The molecule has 0 radical (unpaired) electrons. The van der Waals surface area contributed by atoms with Crippen molar-refractivity contribution in [2.24, 2.45) is 0 Å². The highest BCUT2D eigenvalue weighted by atomic mass is 19.1. The number of hydrogen-bond donors (Lipinski definition) is 1. The molecule has 14 heavy (non-hydrogen) atoms. The summed E-state index contributed by atoms with van der Waals surface area (Å²) >= 11 is 0. The minimum atomic E-state index is -0.581. The quantitative estimate of drug-likeness (QED) is 0.756. The van der Waals surface area contributed by atoms with Crippen LogP contribution in [-0.4, -0.2) is 15.4 Å². The molecule has 0 saturated carbocycles. The number of H-pyrrole nitrogens is 1. The molecule has 5 heteroatoms. The second kappa shape index (κ2) is 3.17. The average molecular weight is 195 g/mol. The molecule has 0 atom stereocenters. The minimum absolute atomic E-state index is 0.0113. The van der Waals surface area contributed by atoms with Crippen molar-refractivity contribution < 1.29 is 8.78 Å². The Bertz CT molecular complexity index is 428. The van der Waals surface area contributed by atoms with Crippen molar-refractivity contribution in [3.63, 3.8) is 0 Å². The van der Waals surface area contributed by atoms with Crippen LogP contribution in [0, 0.1) is 18.6 Å². The molecule has 72 valence electrons. The Morgan fingerprint density at radius 2 is 1.86 bits per heavy atom. The molecule has 0 bridgehead atoms. The third-order valence-electron chi connectivity index (χ3n) is 1.99. The lowest BCUT2D eigenvalue weighted by Gasteiger charge is -2.01. The lowest BCUT2D eigenvalue weighted by atomic mass is 10.1. The van der Waals surface area contributed by atoms with Crippen molar-refractivity contribution in [2.75, 3.05) is 0 Å². The Kier molecular flexibility index (Phi) is 1.99. The number of rotatable bonds is 1. The molecular weight excluding hydrogens is 188 g/mol. The van der Waals surface area contributed by atoms with Crippen molar-refractivity contribution >= 4 is 0 Å². The largest absolute Gasteiger partial charge is 0.265 e. The van der Waals surface area contributed by atoms with Crippen LogP contribution in [0.2, 0.25) is 0 Å². The number of aromatic amines is 1. The van der Waals surface area contributed by atoms with E-state index in [0.717, 1.165) is 0 Å². The fraction of sp³-hybridized carbons (Fsp3) is 0.111. The number of hydrogen-bond acceptors (Lipinski definition) is 2. The molecule has 1 heterocycles. The number of nitrogens with zero attached hydrogens (tertiary/aromatic N) is 2. The molecule has 0 aliphatic heterocycles. The molecule has 0 saturated heterocycles. The summed E-state index contributed by atoms with van der Waals surface area (Å²) < 4.78 is 26.3. The van der Waals surface area contributed by atoms with Gasteiger partial charge in [-0.3, -0.25) is 5.10 Å². The van der Waals surface area contributed by atoms with Crippen LogP contribution >= 0.6 is 0 Å². The first-order chi connectivity index (χ1) is 6.68. The Hall–Kier alpha value is -1.78.